The molecule has 4 aromatic rings. The number of hydrogen-bond donors (Lipinski definition) is 1. The second-order valence-electron chi connectivity index (χ2n) is 8.15. The number of rotatable bonds is 4. The van der Waals surface area contributed by atoms with Gasteiger partial charge in [-0.25, -0.2) is 0 Å². The molecule has 3 aromatic carbocycles. The number of aryl methyl sites for hydroxylation is 1. The zero-order valence-electron chi connectivity index (χ0n) is 16.9. The molecule has 5 rings (SSSR count). The lowest BCUT2D eigenvalue weighted by Crippen LogP contribution is -2.19. The Kier molecular flexibility index (Phi) is 4.73. The van der Waals surface area contributed by atoms with Crippen molar-refractivity contribution in [1.29, 1.82) is 0 Å². The maximum Gasteiger partial charge on any atom is 0.0585 e. The molecule has 1 aliphatic rings. The quantitative estimate of drug-likeness (QED) is 0.487. The lowest BCUT2D eigenvalue weighted by Gasteiger charge is -2.21. The van der Waals surface area contributed by atoms with Crippen LogP contribution < -0.4 is 0 Å². The number of benzene rings is 3. The molecule has 1 atom stereocenters. The monoisotopic (exact) mass is 381 g/mol. The number of hydrogen-bond acceptors (Lipinski definition) is 1. The highest BCUT2D eigenvalue weighted by Crippen LogP contribution is 2.36. The van der Waals surface area contributed by atoms with E-state index < -0.39 is 0 Å². The molecule has 1 unspecified atom stereocenters. The van der Waals surface area contributed by atoms with Gasteiger partial charge in [-0.05, 0) is 66.1 Å². The molecule has 1 heterocycles. The fourth-order valence-electron chi connectivity index (χ4n) is 4.83. The molecule has 0 amide bonds. The zero-order valence-corrected chi connectivity index (χ0v) is 16.9. The lowest BCUT2D eigenvalue weighted by atomic mass is 9.92. The summed E-state index contributed by atoms with van der Waals surface area (Å²) in [4.78, 5) is 0. The Hall–Kier alpha value is -2.84. The van der Waals surface area contributed by atoms with Gasteiger partial charge in [0, 0.05) is 23.2 Å². The summed E-state index contributed by atoms with van der Waals surface area (Å²) in [7, 11) is 0. The van der Waals surface area contributed by atoms with E-state index in [-0.39, 0.29) is 6.10 Å². The standard InChI is InChI=1S/C27H27NO/c1-2-21-10-6-7-11-25(21)28-26-14-12-20(16-19-8-4-3-5-9-19)17-23(26)24-18-22(29)13-15-27(24)28/h3-12,14,17,22,29H,2,13,15-16,18H2,1H3. The molecule has 0 saturated heterocycles. The highest BCUT2D eigenvalue weighted by atomic mass is 16.3. The summed E-state index contributed by atoms with van der Waals surface area (Å²) in [6.07, 6.45) is 4.23. The minimum Gasteiger partial charge on any atom is -0.393 e. The average molecular weight is 382 g/mol. The maximum atomic E-state index is 10.4. The van der Waals surface area contributed by atoms with Gasteiger partial charge in [-0.1, -0.05) is 61.5 Å². The topological polar surface area (TPSA) is 25.2 Å². The summed E-state index contributed by atoms with van der Waals surface area (Å²) in [5.41, 5.74) is 9.29. The molecule has 1 aliphatic carbocycles. The van der Waals surface area contributed by atoms with E-state index in [1.165, 1.54) is 44.5 Å². The molecule has 0 spiro atoms. The zero-order chi connectivity index (χ0) is 19.8. The lowest BCUT2D eigenvalue weighted by molar-refractivity contribution is 0.158. The molecule has 0 aliphatic heterocycles. The SMILES string of the molecule is CCc1ccccc1-n1c2c(c3cc(Cc4ccccc4)ccc31)CC(O)CC2. The number of nitrogens with zero attached hydrogens (tertiary/aromatic N) is 1. The van der Waals surface area contributed by atoms with Crippen LogP contribution >= 0.6 is 0 Å². The third-order valence-electron chi connectivity index (χ3n) is 6.26. The maximum absolute atomic E-state index is 10.4. The first-order valence-corrected chi connectivity index (χ1v) is 10.7. The molecule has 146 valence electrons. The van der Waals surface area contributed by atoms with E-state index in [1.54, 1.807) is 0 Å². The van der Waals surface area contributed by atoms with Crippen LogP contribution in [0.5, 0.6) is 0 Å². The smallest absolute Gasteiger partial charge is 0.0585 e. The summed E-state index contributed by atoms with van der Waals surface area (Å²) < 4.78 is 2.46. The number of aliphatic hydroxyl groups excluding tert-OH is 1. The van der Waals surface area contributed by atoms with E-state index in [2.05, 4.69) is 84.3 Å². The van der Waals surface area contributed by atoms with E-state index in [9.17, 15) is 5.11 Å². The molecule has 0 bridgehead atoms. The summed E-state index contributed by atoms with van der Waals surface area (Å²) in [5.74, 6) is 0. The fourth-order valence-corrected chi connectivity index (χ4v) is 4.83. The van der Waals surface area contributed by atoms with Crippen molar-refractivity contribution in [2.75, 3.05) is 0 Å². The second-order valence-corrected chi connectivity index (χ2v) is 8.15. The summed E-state index contributed by atoms with van der Waals surface area (Å²) in [6, 6.07) is 26.3. The van der Waals surface area contributed by atoms with Crippen LogP contribution in [0.15, 0.2) is 72.8 Å². The Labute approximate surface area is 172 Å². The molecule has 2 nitrogen and oxygen atoms in total. The first kappa shape index (κ1) is 18.2. The molecule has 29 heavy (non-hydrogen) atoms. The molecule has 0 fully saturated rings. The van der Waals surface area contributed by atoms with Crippen molar-refractivity contribution in [2.45, 2.75) is 45.1 Å². The van der Waals surface area contributed by atoms with Crippen molar-refractivity contribution in [3.63, 3.8) is 0 Å². The third kappa shape index (κ3) is 3.28. The van der Waals surface area contributed by atoms with Crippen molar-refractivity contribution >= 4 is 10.9 Å². The number of para-hydroxylation sites is 1. The van der Waals surface area contributed by atoms with Gasteiger partial charge in [-0.15, -0.1) is 0 Å². The Balaban J connectivity index is 1.70. The molecule has 0 radical (unpaired) electrons. The number of aliphatic hydroxyl groups is 1. The van der Waals surface area contributed by atoms with Crippen LogP contribution in [0.1, 0.15) is 41.3 Å². The Morgan fingerprint density at radius 2 is 1.72 bits per heavy atom. The van der Waals surface area contributed by atoms with Gasteiger partial charge < -0.3 is 9.67 Å². The van der Waals surface area contributed by atoms with E-state index in [1.807, 2.05) is 0 Å². The summed E-state index contributed by atoms with van der Waals surface area (Å²) in [6.45, 7) is 2.22. The minimum absolute atomic E-state index is 0.235. The predicted molar refractivity (Wildman–Crippen MR) is 120 cm³/mol. The molecule has 2 heteroatoms. The second kappa shape index (κ2) is 7.53. The van der Waals surface area contributed by atoms with Gasteiger partial charge in [-0.2, -0.15) is 0 Å². The van der Waals surface area contributed by atoms with E-state index >= 15 is 0 Å². The van der Waals surface area contributed by atoms with Crippen molar-refractivity contribution < 1.29 is 5.11 Å². The molecule has 1 aromatic heterocycles. The van der Waals surface area contributed by atoms with Gasteiger partial charge in [-0.3, -0.25) is 0 Å². The van der Waals surface area contributed by atoms with Crippen LogP contribution in [0.3, 0.4) is 0 Å². The van der Waals surface area contributed by atoms with Crippen LogP contribution in [0.4, 0.5) is 0 Å². The Bertz CT molecular complexity index is 1160. The van der Waals surface area contributed by atoms with E-state index in [0.29, 0.717) is 0 Å². The van der Waals surface area contributed by atoms with Crippen LogP contribution in [0.2, 0.25) is 0 Å². The molecule has 0 saturated carbocycles. The van der Waals surface area contributed by atoms with Crippen molar-refractivity contribution in [2.24, 2.45) is 0 Å². The van der Waals surface area contributed by atoms with Gasteiger partial charge in [0.05, 0.1) is 11.6 Å². The number of fused-ring (bicyclic) bond motifs is 3. The predicted octanol–water partition coefficient (Wildman–Crippen LogP) is 5.63. The average Bonchev–Trinajstić information content (AvgIpc) is 3.07. The minimum atomic E-state index is -0.235. The van der Waals surface area contributed by atoms with Gasteiger partial charge >= 0.3 is 0 Å². The first-order valence-electron chi connectivity index (χ1n) is 10.7. The van der Waals surface area contributed by atoms with Crippen molar-refractivity contribution in [3.05, 3.63) is 101 Å². The van der Waals surface area contributed by atoms with E-state index in [0.717, 1.165) is 32.1 Å². The van der Waals surface area contributed by atoms with Gasteiger partial charge in [0.1, 0.15) is 0 Å². The normalized spacial score (nSPS) is 16.1. The summed E-state index contributed by atoms with van der Waals surface area (Å²) in [5, 5.41) is 11.7. The molecule has 1 N–H and O–H groups in total. The van der Waals surface area contributed by atoms with Crippen LogP contribution in [-0.4, -0.2) is 15.8 Å². The van der Waals surface area contributed by atoms with Crippen LogP contribution in [0, 0.1) is 0 Å². The largest absolute Gasteiger partial charge is 0.393 e. The Morgan fingerprint density at radius 1 is 0.931 bits per heavy atom. The number of aromatic nitrogens is 1. The van der Waals surface area contributed by atoms with Gasteiger partial charge in [0.15, 0.2) is 0 Å². The van der Waals surface area contributed by atoms with Crippen LogP contribution in [0.25, 0.3) is 16.6 Å². The first-order chi connectivity index (χ1) is 14.2. The Morgan fingerprint density at radius 3 is 2.55 bits per heavy atom. The third-order valence-corrected chi connectivity index (χ3v) is 6.26. The fraction of sp³-hybridized carbons (Fsp3) is 0.259. The highest BCUT2D eigenvalue weighted by molar-refractivity contribution is 5.88. The van der Waals surface area contributed by atoms with Gasteiger partial charge in [0.2, 0.25) is 0 Å². The highest BCUT2D eigenvalue weighted by Gasteiger charge is 2.25. The molecular formula is C27H27NO. The summed E-state index contributed by atoms with van der Waals surface area (Å²) >= 11 is 0. The van der Waals surface area contributed by atoms with Crippen molar-refractivity contribution in [3.8, 4) is 5.69 Å². The van der Waals surface area contributed by atoms with Crippen LogP contribution in [-0.2, 0) is 25.7 Å². The van der Waals surface area contributed by atoms with E-state index in [4.69, 9.17) is 0 Å². The van der Waals surface area contributed by atoms with Crippen molar-refractivity contribution in [1.82, 2.24) is 4.57 Å². The molecular weight excluding hydrogens is 354 g/mol. The van der Waals surface area contributed by atoms with Gasteiger partial charge in [0.25, 0.3) is 0 Å².